The van der Waals surface area contributed by atoms with Crippen molar-refractivity contribution in [3.05, 3.63) is 101 Å². The number of benzene rings is 3. The number of nitrogens with one attached hydrogen (secondary N) is 1. The summed E-state index contributed by atoms with van der Waals surface area (Å²) >= 11 is 6.46. The number of carbonyl (C=O) groups excluding carboxylic acids is 2. The summed E-state index contributed by atoms with van der Waals surface area (Å²) < 4.78 is 26.7. The van der Waals surface area contributed by atoms with Gasteiger partial charge in [0.15, 0.2) is 0 Å². The smallest absolute Gasteiger partial charge is 0.244 e. The second kappa shape index (κ2) is 13.6. The maximum Gasteiger partial charge on any atom is 0.244 e. The molecule has 208 valence electrons. The van der Waals surface area contributed by atoms with Gasteiger partial charge in [0.05, 0.1) is 11.9 Å². The van der Waals surface area contributed by atoms with Gasteiger partial charge in [-0.1, -0.05) is 91.7 Å². The Hall–Kier alpha value is -3.36. The van der Waals surface area contributed by atoms with Crippen molar-refractivity contribution in [1.82, 2.24) is 10.2 Å². The van der Waals surface area contributed by atoms with Crippen molar-refractivity contribution in [3.8, 4) is 0 Å². The van der Waals surface area contributed by atoms with Crippen LogP contribution in [0.25, 0.3) is 0 Å². The summed E-state index contributed by atoms with van der Waals surface area (Å²) in [4.78, 5) is 29.1. The van der Waals surface area contributed by atoms with Crippen molar-refractivity contribution in [2.45, 2.75) is 39.8 Å². The number of hydrogen-bond donors (Lipinski definition) is 1. The van der Waals surface area contributed by atoms with E-state index < -0.39 is 28.5 Å². The van der Waals surface area contributed by atoms with Gasteiger partial charge in [-0.25, -0.2) is 8.42 Å². The Balaban J connectivity index is 2.05. The van der Waals surface area contributed by atoms with Crippen LogP contribution in [0.5, 0.6) is 0 Å². The van der Waals surface area contributed by atoms with Gasteiger partial charge < -0.3 is 10.2 Å². The number of carbonyl (C=O) groups is 2. The minimum Gasteiger partial charge on any atom is -0.354 e. The van der Waals surface area contributed by atoms with Crippen LogP contribution in [-0.4, -0.2) is 50.5 Å². The van der Waals surface area contributed by atoms with E-state index in [1.165, 1.54) is 4.90 Å². The van der Waals surface area contributed by atoms with Crippen molar-refractivity contribution in [1.29, 1.82) is 0 Å². The Labute approximate surface area is 236 Å². The lowest BCUT2D eigenvalue weighted by Crippen LogP contribution is -2.53. The van der Waals surface area contributed by atoms with E-state index in [2.05, 4.69) is 5.32 Å². The zero-order valence-electron chi connectivity index (χ0n) is 22.8. The first-order chi connectivity index (χ1) is 18.5. The molecular formula is C30H36ClN3O4S. The number of sulfonamides is 1. The molecule has 3 aromatic rings. The van der Waals surface area contributed by atoms with E-state index >= 15 is 0 Å². The Morgan fingerprint density at radius 2 is 1.54 bits per heavy atom. The van der Waals surface area contributed by atoms with E-state index in [9.17, 15) is 18.0 Å². The largest absolute Gasteiger partial charge is 0.354 e. The van der Waals surface area contributed by atoms with Crippen LogP contribution in [0.1, 0.15) is 30.5 Å². The standard InChI is InChI=1S/C30H36ClN3O4S/c1-22(2)19-32-30(36)28(18-24-10-6-5-7-11-24)33(20-25-12-8-9-13-27(25)31)29(35)21-34(39(4,37)38)26-16-14-23(3)15-17-26/h5-17,22,28H,18-21H2,1-4H3,(H,32,36)/t28-/m1/s1. The minimum absolute atomic E-state index is 0.0383. The van der Waals surface area contributed by atoms with Crippen molar-refractivity contribution < 1.29 is 18.0 Å². The summed E-state index contributed by atoms with van der Waals surface area (Å²) in [5, 5.41) is 3.42. The van der Waals surface area contributed by atoms with Gasteiger partial charge in [-0.3, -0.25) is 13.9 Å². The number of halogens is 1. The molecule has 0 aliphatic rings. The summed E-state index contributed by atoms with van der Waals surface area (Å²) in [6, 6.07) is 22.6. The molecule has 0 spiro atoms. The first-order valence-electron chi connectivity index (χ1n) is 12.8. The highest BCUT2D eigenvalue weighted by atomic mass is 35.5. The highest BCUT2D eigenvalue weighted by Crippen LogP contribution is 2.23. The minimum atomic E-state index is -3.81. The van der Waals surface area contributed by atoms with Gasteiger partial charge in [0.2, 0.25) is 21.8 Å². The van der Waals surface area contributed by atoms with Crippen LogP contribution in [-0.2, 0) is 32.6 Å². The molecule has 0 aliphatic heterocycles. The number of rotatable bonds is 12. The van der Waals surface area contributed by atoms with Gasteiger partial charge >= 0.3 is 0 Å². The normalized spacial score (nSPS) is 12.2. The van der Waals surface area contributed by atoms with E-state index in [-0.39, 0.29) is 24.8 Å². The molecule has 0 bridgehead atoms. The lowest BCUT2D eigenvalue weighted by atomic mass is 10.0. The number of amides is 2. The summed E-state index contributed by atoms with van der Waals surface area (Å²) in [5.41, 5.74) is 2.86. The third-order valence-corrected chi connectivity index (χ3v) is 7.76. The topological polar surface area (TPSA) is 86.8 Å². The molecule has 1 atom stereocenters. The van der Waals surface area contributed by atoms with Crippen LogP contribution in [0.2, 0.25) is 5.02 Å². The number of anilines is 1. The van der Waals surface area contributed by atoms with E-state index in [1.54, 1.807) is 42.5 Å². The molecule has 1 N–H and O–H groups in total. The number of aryl methyl sites for hydroxylation is 1. The fourth-order valence-corrected chi connectivity index (χ4v) is 5.16. The third-order valence-electron chi connectivity index (χ3n) is 6.26. The molecule has 9 heteroatoms. The first kappa shape index (κ1) is 30.2. The molecule has 39 heavy (non-hydrogen) atoms. The van der Waals surface area contributed by atoms with Crippen molar-refractivity contribution >= 4 is 39.1 Å². The van der Waals surface area contributed by atoms with Crippen LogP contribution >= 0.6 is 11.6 Å². The Morgan fingerprint density at radius 3 is 2.13 bits per heavy atom. The highest BCUT2D eigenvalue weighted by molar-refractivity contribution is 7.92. The molecule has 0 saturated heterocycles. The molecule has 0 aliphatic carbocycles. The van der Waals surface area contributed by atoms with Crippen LogP contribution in [0, 0.1) is 12.8 Å². The summed E-state index contributed by atoms with van der Waals surface area (Å²) in [6.07, 6.45) is 1.32. The SMILES string of the molecule is Cc1ccc(N(CC(=O)N(Cc2ccccc2Cl)[C@H](Cc2ccccc2)C(=O)NCC(C)C)S(C)(=O)=O)cc1. The Kier molecular flexibility index (Phi) is 10.5. The molecule has 0 unspecified atom stereocenters. The lowest BCUT2D eigenvalue weighted by molar-refractivity contribution is -0.140. The molecule has 0 aromatic heterocycles. The highest BCUT2D eigenvalue weighted by Gasteiger charge is 2.33. The third kappa shape index (κ3) is 8.83. The average Bonchev–Trinajstić information content (AvgIpc) is 2.89. The summed E-state index contributed by atoms with van der Waals surface area (Å²) in [5.74, 6) is -0.614. The van der Waals surface area contributed by atoms with Crippen LogP contribution in [0.4, 0.5) is 5.69 Å². The number of nitrogens with zero attached hydrogens (tertiary/aromatic N) is 2. The Bertz CT molecular complexity index is 1360. The van der Waals surface area contributed by atoms with Crippen molar-refractivity contribution in [2.24, 2.45) is 5.92 Å². The van der Waals surface area contributed by atoms with Gasteiger partial charge in [0, 0.05) is 24.5 Å². The average molecular weight is 570 g/mol. The van der Waals surface area contributed by atoms with Gasteiger partial charge in [0.1, 0.15) is 12.6 Å². The quantitative estimate of drug-likeness (QED) is 0.338. The molecule has 2 amide bonds. The van der Waals surface area contributed by atoms with E-state index in [1.807, 2.05) is 57.2 Å². The Morgan fingerprint density at radius 1 is 0.923 bits per heavy atom. The summed E-state index contributed by atoms with van der Waals surface area (Å²) in [6.45, 7) is 5.90. The van der Waals surface area contributed by atoms with E-state index in [0.717, 1.165) is 21.7 Å². The fraction of sp³-hybridized carbons (Fsp3) is 0.333. The zero-order chi connectivity index (χ0) is 28.6. The maximum absolute atomic E-state index is 14.0. The summed E-state index contributed by atoms with van der Waals surface area (Å²) in [7, 11) is -3.81. The number of hydrogen-bond acceptors (Lipinski definition) is 4. The molecule has 0 saturated carbocycles. The van der Waals surface area contributed by atoms with Crippen molar-refractivity contribution in [2.75, 3.05) is 23.7 Å². The molecule has 3 aromatic carbocycles. The fourth-order valence-electron chi connectivity index (χ4n) is 4.11. The predicted octanol–water partition coefficient (Wildman–Crippen LogP) is 4.83. The van der Waals surface area contributed by atoms with E-state index in [0.29, 0.717) is 22.8 Å². The monoisotopic (exact) mass is 569 g/mol. The maximum atomic E-state index is 14.0. The van der Waals surface area contributed by atoms with Crippen LogP contribution < -0.4 is 9.62 Å². The van der Waals surface area contributed by atoms with Gasteiger partial charge in [-0.15, -0.1) is 0 Å². The lowest BCUT2D eigenvalue weighted by Gasteiger charge is -2.34. The van der Waals surface area contributed by atoms with Gasteiger partial charge in [-0.2, -0.15) is 0 Å². The first-order valence-corrected chi connectivity index (χ1v) is 15.1. The molecular weight excluding hydrogens is 534 g/mol. The van der Waals surface area contributed by atoms with Crippen LogP contribution in [0.3, 0.4) is 0 Å². The molecule has 3 rings (SSSR count). The molecule has 0 fully saturated rings. The van der Waals surface area contributed by atoms with Gasteiger partial charge in [-0.05, 0) is 42.2 Å². The molecule has 7 nitrogen and oxygen atoms in total. The second-order valence-corrected chi connectivity index (χ2v) is 12.4. The second-order valence-electron chi connectivity index (χ2n) is 10.1. The van der Waals surface area contributed by atoms with E-state index in [4.69, 9.17) is 11.6 Å². The molecule has 0 heterocycles. The molecule has 0 radical (unpaired) electrons. The predicted molar refractivity (Wildman–Crippen MR) is 157 cm³/mol. The van der Waals surface area contributed by atoms with Gasteiger partial charge in [0.25, 0.3) is 0 Å². The van der Waals surface area contributed by atoms with Crippen LogP contribution in [0.15, 0.2) is 78.9 Å². The zero-order valence-corrected chi connectivity index (χ0v) is 24.4. The van der Waals surface area contributed by atoms with Crippen molar-refractivity contribution in [3.63, 3.8) is 0 Å².